The molecule has 1 aromatic heterocycles. The molecular weight excluding hydrogens is 372 g/mol. The number of thiazole rings is 1. The third kappa shape index (κ3) is 4.14. The number of carbonyl (C=O) groups is 2. The Balaban J connectivity index is 1.29. The minimum absolute atomic E-state index is 0.00730. The molecule has 1 aliphatic rings. The van der Waals surface area contributed by atoms with Crippen molar-refractivity contribution in [2.24, 2.45) is 0 Å². The number of nitrogens with one attached hydrogen (secondary N) is 1. The van der Waals surface area contributed by atoms with E-state index in [4.69, 9.17) is 0 Å². The van der Waals surface area contributed by atoms with Crippen molar-refractivity contribution < 1.29 is 9.59 Å². The van der Waals surface area contributed by atoms with E-state index < -0.39 is 0 Å². The maximum atomic E-state index is 12.5. The van der Waals surface area contributed by atoms with Gasteiger partial charge in [-0.3, -0.25) is 4.79 Å². The lowest BCUT2D eigenvalue weighted by molar-refractivity contribution is -0.116. The van der Waals surface area contributed by atoms with Gasteiger partial charge < -0.3 is 15.1 Å². The zero-order valence-corrected chi connectivity index (χ0v) is 16.5. The van der Waals surface area contributed by atoms with Crippen LogP contribution in [0.5, 0.6) is 0 Å². The molecular formula is C21H22N4O2S. The summed E-state index contributed by atoms with van der Waals surface area (Å²) in [4.78, 5) is 32.8. The molecule has 3 aromatic rings. The van der Waals surface area contributed by atoms with E-state index in [0.717, 1.165) is 15.8 Å². The molecule has 0 spiro atoms. The molecule has 2 aromatic carbocycles. The SMILES string of the molecule is Cc1ccc2nc(NC(=O)CCN3CCN(Cc4ccccc4)C3=O)sc2c1. The van der Waals surface area contributed by atoms with Crippen LogP contribution in [-0.4, -0.2) is 46.4 Å². The van der Waals surface area contributed by atoms with E-state index in [1.54, 1.807) is 4.90 Å². The Hall–Kier alpha value is -2.93. The van der Waals surface area contributed by atoms with Crippen LogP contribution < -0.4 is 5.32 Å². The first-order valence-corrected chi connectivity index (χ1v) is 10.1. The van der Waals surface area contributed by atoms with Crippen LogP contribution in [0, 0.1) is 6.92 Å². The molecule has 2 heterocycles. The molecule has 144 valence electrons. The second-order valence-corrected chi connectivity index (χ2v) is 8.00. The van der Waals surface area contributed by atoms with E-state index in [2.05, 4.69) is 16.4 Å². The summed E-state index contributed by atoms with van der Waals surface area (Å²) in [5.41, 5.74) is 3.17. The van der Waals surface area contributed by atoms with Gasteiger partial charge in [0.1, 0.15) is 0 Å². The lowest BCUT2D eigenvalue weighted by atomic mass is 10.2. The molecule has 6 nitrogen and oxygen atoms in total. The van der Waals surface area contributed by atoms with Crippen LogP contribution in [-0.2, 0) is 11.3 Å². The second-order valence-electron chi connectivity index (χ2n) is 6.97. The smallest absolute Gasteiger partial charge is 0.320 e. The third-order valence-corrected chi connectivity index (χ3v) is 5.73. The predicted molar refractivity (Wildman–Crippen MR) is 111 cm³/mol. The van der Waals surface area contributed by atoms with Crippen molar-refractivity contribution >= 4 is 38.6 Å². The summed E-state index contributed by atoms with van der Waals surface area (Å²) in [6.45, 7) is 4.39. The molecule has 1 N–H and O–H groups in total. The van der Waals surface area contributed by atoms with Crippen LogP contribution in [0.15, 0.2) is 48.5 Å². The van der Waals surface area contributed by atoms with Gasteiger partial charge in [0.15, 0.2) is 5.13 Å². The van der Waals surface area contributed by atoms with Gasteiger partial charge in [-0.05, 0) is 30.2 Å². The highest BCUT2D eigenvalue weighted by Gasteiger charge is 2.28. The van der Waals surface area contributed by atoms with Crippen LogP contribution in [0.2, 0.25) is 0 Å². The van der Waals surface area contributed by atoms with Gasteiger partial charge in [-0.15, -0.1) is 0 Å². The maximum Gasteiger partial charge on any atom is 0.320 e. The van der Waals surface area contributed by atoms with Gasteiger partial charge in [-0.1, -0.05) is 47.7 Å². The topological polar surface area (TPSA) is 65.5 Å². The van der Waals surface area contributed by atoms with Gasteiger partial charge in [0.05, 0.1) is 10.2 Å². The van der Waals surface area contributed by atoms with Crippen molar-refractivity contribution in [3.63, 3.8) is 0 Å². The summed E-state index contributed by atoms with van der Waals surface area (Å²) in [5, 5.41) is 3.46. The fourth-order valence-electron chi connectivity index (χ4n) is 3.29. The zero-order valence-electron chi connectivity index (χ0n) is 15.7. The van der Waals surface area contributed by atoms with E-state index in [1.807, 2.05) is 54.3 Å². The largest absolute Gasteiger partial charge is 0.322 e. The Kier molecular flexibility index (Phi) is 5.25. The van der Waals surface area contributed by atoms with Crippen molar-refractivity contribution in [2.75, 3.05) is 25.0 Å². The molecule has 7 heteroatoms. The standard InChI is InChI=1S/C21H22N4O2S/c1-15-7-8-17-18(13-15)28-20(22-17)23-19(26)9-10-24-11-12-25(21(24)27)14-16-5-3-2-4-6-16/h2-8,13H,9-12,14H2,1H3,(H,22,23,26). The highest BCUT2D eigenvalue weighted by molar-refractivity contribution is 7.22. The van der Waals surface area contributed by atoms with E-state index in [-0.39, 0.29) is 18.4 Å². The summed E-state index contributed by atoms with van der Waals surface area (Å²) in [5.74, 6) is -0.120. The van der Waals surface area contributed by atoms with Crippen LogP contribution >= 0.6 is 11.3 Å². The van der Waals surface area contributed by atoms with E-state index in [9.17, 15) is 9.59 Å². The third-order valence-electron chi connectivity index (χ3n) is 4.80. The number of amides is 3. The summed E-state index contributed by atoms with van der Waals surface area (Å²) in [6.07, 6.45) is 0.264. The Bertz CT molecular complexity index is 1000. The lowest BCUT2D eigenvalue weighted by Crippen LogP contribution is -2.33. The Labute approximate surface area is 167 Å². The minimum Gasteiger partial charge on any atom is -0.322 e. The van der Waals surface area contributed by atoms with Crippen molar-refractivity contribution in [2.45, 2.75) is 19.9 Å². The van der Waals surface area contributed by atoms with Crippen molar-refractivity contribution in [1.82, 2.24) is 14.8 Å². The van der Waals surface area contributed by atoms with Gasteiger partial charge in [-0.25, -0.2) is 9.78 Å². The number of hydrogen-bond acceptors (Lipinski definition) is 4. The Morgan fingerprint density at radius 2 is 1.93 bits per heavy atom. The molecule has 4 rings (SSSR count). The fourth-order valence-corrected chi connectivity index (χ4v) is 4.27. The molecule has 0 bridgehead atoms. The second kappa shape index (κ2) is 7.98. The first-order chi connectivity index (χ1) is 13.6. The Morgan fingerprint density at radius 1 is 1.14 bits per heavy atom. The predicted octanol–water partition coefficient (Wildman–Crippen LogP) is 3.87. The molecule has 28 heavy (non-hydrogen) atoms. The highest BCUT2D eigenvalue weighted by atomic mass is 32.1. The molecule has 0 saturated carbocycles. The average molecular weight is 395 g/mol. The molecule has 0 aliphatic carbocycles. The summed E-state index contributed by atoms with van der Waals surface area (Å²) in [7, 11) is 0. The number of fused-ring (bicyclic) bond motifs is 1. The summed E-state index contributed by atoms with van der Waals surface area (Å²) in [6, 6.07) is 16.0. The van der Waals surface area contributed by atoms with Crippen LogP contribution in [0.25, 0.3) is 10.2 Å². The molecule has 1 aliphatic heterocycles. The zero-order chi connectivity index (χ0) is 19.5. The summed E-state index contributed by atoms with van der Waals surface area (Å²) < 4.78 is 1.06. The first-order valence-electron chi connectivity index (χ1n) is 9.33. The summed E-state index contributed by atoms with van der Waals surface area (Å²) >= 11 is 1.47. The number of anilines is 1. The van der Waals surface area contributed by atoms with Crippen molar-refractivity contribution in [3.8, 4) is 0 Å². The number of benzene rings is 2. The van der Waals surface area contributed by atoms with Gasteiger partial charge in [-0.2, -0.15) is 0 Å². The van der Waals surface area contributed by atoms with Crippen molar-refractivity contribution in [1.29, 1.82) is 0 Å². The molecule has 1 fully saturated rings. The van der Waals surface area contributed by atoms with Gasteiger partial charge >= 0.3 is 6.03 Å². The maximum absolute atomic E-state index is 12.5. The number of rotatable bonds is 6. The van der Waals surface area contributed by atoms with Gasteiger partial charge in [0.25, 0.3) is 0 Å². The minimum atomic E-state index is -0.120. The quantitative estimate of drug-likeness (QED) is 0.690. The highest BCUT2D eigenvalue weighted by Crippen LogP contribution is 2.26. The number of aromatic nitrogens is 1. The number of nitrogens with zero attached hydrogens (tertiary/aromatic N) is 3. The molecule has 0 unspecified atom stereocenters. The van der Waals surface area contributed by atoms with E-state index in [1.165, 1.54) is 16.9 Å². The average Bonchev–Trinajstić information content (AvgIpc) is 3.23. The number of urea groups is 1. The van der Waals surface area contributed by atoms with E-state index >= 15 is 0 Å². The lowest BCUT2D eigenvalue weighted by Gasteiger charge is -2.18. The molecule has 0 atom stereocenters. The fraction of sp³-hybridized carbons (Fsp3) is 0.286. The van der Waals surface area contributed by atoms with Gasteiger partial charge in [0, 0.05) is 32.6 Å². The molecule has 0 radical (unpaired) electrons. The molecule has 3 amide bonds. The number of hydrogen-bond donors (Lipinski definition) is 1. The molecule has 1 saturated heterocycles. The van der Waals surface area contributed by atoms with Crippen LogP contribution in [0.3, 0.4) is 0 Å². The first kappa shape index (κ1) is 18.4. The van der Waals surface area contributed by atoms with E-state index in [0.29, 0.717) is 31.3 Å². The Morgan fingerprint density at radius 3 is 2.75 bits per heavy atom. The van der Waals surface area contributed by atoms with Crippen molar-refractivity contribution in [3.05, 3.63) is 59.7 Å². The number of aryl methyl sites for hydroxylation is 1. The van der Waals surface area contributed by atoms with Crippen LogP contribution in [0.1, 0.15) is 17.5 Å². The van der Waals surface area contributed by atoms with Crippen LogP contribution in [0.4, 0.5) is 9.93 Å². The normalized spacial score (nSPS) is 14.1. The van der Waals surface area contributed by atoms with Gasteiger partial charge in [0.2, 0.25) is 5.91 Å². The number of carbonyl (C=O) groups excluding carboxylic acids is 2. The monoisotopic (exact) mass is 394 g/mol.